The molecule has 1 fully saturated rings. The number of esters is 1. The van der Waals surface area contributed by atoms with Crippen LogP contribution in [0.3, 0.4) is 0 Å². The number of carbonyl (C=O) groups is 3. The van der Waals surface area contributed by atoms with E-state index in [4.69, 9.17) is 16.2 Å². The third kappa shape index (κ3) is 4.84. The van der Waals surface area contributed by atoms with Gasteiger partial charge in [0.2, 0.25) is 0 Å². The van der Waals surface area contributed by atoms with Crippen molar-refractivity contribution in [3.05, 3.63) is 46.0 Å². The molecule has 0 unspecified atom stereocenters. The standard InChI is InChI=1S/C18H19N5O6S/c19-17(25)21-15-13(16(24)29-12-4-6-22(7-5-12)18(20)26)9-14(30-15)10-2-1-3-11(8-10)23(27)28/h1-3,8-9,12H,4-7H2,(H2,20,26)(H3,19,21,25). The average molecular weight is 433 g/mol. The Morgan fingerprint density at radius 3 is 2.50 bits per heavy atom. The van der Waals surface area contributed by atoms with Crippen LogP contribution in [0.15, 0.2) is 30.3 Å². The van der Waals surface area contributed by atoms with Crippen molar-refractivity contribution in [2.75, 3.05) is 18.4 Å². The third-order valence-corrected chi connectivity index (χ3v) is 5.66. The number of rotatable bonds is 5. The molecule has 4 amide bonds. The Morgan fingerprint density at radius 2 is 1.90 bits per heavy atom. The molecule has 0 radical (unpaired) electrons. The van der Waals surface area contributed by atoms with Crippen LogP contribution in [0.25, 0.3) is 10.4 Å². The normalized spacial score (nSPS) is 14.2. The fourth-order valence-corrected chi connectivity index (χ4v) is 4.12. The van der Waals surface area contributed by atoms with Crippen LogP contribution in [-0.4, -0.2) is 47.0 Å². The zero-order valence-electron chi connectivity index (χ0n) is 15.7. The minimum absolute atomic E-state index is 0.0950. The van der Waals surface area contributed by atoms with E-state index < -0.39 is 29.1 Å². The van der Waals surface area contributed by atoms with E-state index in [-0.39, 0.29) is 16.3 Å². The Bertz CT molecular complexity index is 999. The summed E-state index contributed by atoms with van der Waals surface area (Å²) in [6.07, 6.45) is 0.472. The zero-order chi connectivity index (χ0) is 21.8. The number of nitro benzene ring substituents is 1. The lowest BCUT2D eigenvalue weighted by atomic mass is 10.1. The first-order valence-electron chi connectivity index (χ1n) is 8.95. The van der Waals surface area contributed by atoms with Gasteiger partial charge in [-0.3, -0.25) is 15.4 Å². The highest BCUT2D eigenvalue weighted by Crippen LogP contribution is 2.37. The molecular weight excluding hydrogens is 414 g/mol. The number of hydrogen-bond donors (Lipinski definition) is 3. The Kier molecular flexibility index (Phi) is 6.16. The largest absolute Gasteiger partial charge is 0.459 e. The van der Waals surface area contributed by atoms with Gasteiger partial charge in [0.05, 0.1) is 10.5 Å². The number of piperidine rings is 1. The Hall–Kier alpha value is -3.67. The highest BCUT2D eigenvalue weighted by molar-refractivity contribution is 7.20. The van der Waals surface area contributed by atoms with Crippen molar-refractivity contribution in [2.45, 2.75) is 18.9 Å². The van der Waals surface area contributed by atoms with Crippen molar-refractivity contribution in [3.8, 4) is 10.4 Å². The molecular formula is C18H19N5O6S. The molecule has 0 aliphatic carbocycles. The fourth-order valence-electron chi connectivity index (χ4n) is 3.07. The monoisotopic (exact) mass is 433 g/mol. The molecule has 1 aromatic carbocycles. The number of nitrogens with zero attached hydrogens (tertiary/aromatic N) is 2. The predicted molar refractivity (Wildman–Crippen MR) is 109 cm³/mol. The summed E-state index contributed by atoms with van der Waals surface area (Å²) in [5, 5.41) is 13.6. The average Bonchev–Trinajstić information content (AvgIpc) is 3.11. The van der Waals surface area contributed by atoms with E-state index in [1.54, 1.807) is 6.07 Å². The number of nitro groups is 1. The van der Waals surface area contributed by atoms with Crippen molar-refractivity contribution >= 4 is 40.1 Å². The van der Waals surface area contributed by atoms with Gasteiger partial charge in [0.1, 0.15) is 11.1 Å². The molecule has 0 saturated carbocycles. The number of urea groups is 2. The summed E-state index contributed by atoms with van der Waals surface area (Å²) in [7, 11) is 0. The van der Waals surface area contributed by atoms with Gasteiger partial charge in [0, 0.05) is 42.9 Å². The lowest BCUT2D eigenvalue weighted by molar-refractivity contribution is -0.384. The smallest absolute Gasteiger partial charge is 0.341 e. The quantitative estimate of drug-likeness (QED) is 0.371. The Balaban J connectivity index is 1.82. The molecule has 11 nitrogen and oxygen atoms in total. The number of likely N-dealkylation sites (tertiary alicyclic amines) is 1. The summed E-state index contributed by atoms with van der Waals surface area (Å²) in [6, 6.07) is 6.02. The third-order valence-electron chi connectivity index (χ3n) is 4.56. The zero-order valence-corrected chi connectivity index (χ0v) is 16.5. The number of nitrogens with two attached hydrogens (primary N) is 2. The van der Waals surface area contributed by atoms with Gasteiger partial charge in [-0.25, -0.2) is 14.4 Å². The van der Waals surface area contributed by atoms with Crippen LogP contribution < -0.4 is 16.8 Å². The number of amides is 4. The van der Waals surface area contributed by atoms with Crippen molar-refractivity contribution in [3.63, 3.8) is 0 Å². The maximum atomic E-state index is 12.7. The minimum atomic E-state index is -0.855. The summed E-state index contributed by atoms with van der Waals surface area (Å²) >= 11 is 1.05. The van der Waals surface area contributed by atoms with Crippen molar-refractivity contribution in [1.82, 2.24) is 4.90 Å². The predicted octanol–water partition coefficient (Wildman–Crippen LogP) is 2.51. The second-order valence-electron chi connectivity index (χ2n) is 6.58. The molecule has 0 bridgehead atoms. The van der Waals surface area contributed by atoms with Gasteiger partial charge in [-0.05, 0) is 11.6 Å². The second kappa shape index (κ2) is 8.78. The Labute approximate surface area is 174 Å². The van der Waals surface area contributed by atoms with Crippen LogP contribution in [0.2, 0.25) is 0 Å². The molecule has 2 aromatic rings. The molecule has 0 spiro atoms. The molecule has 0 atom stereocenters. The van der Waals surface area contributed by atoms with Crippen molar-refractivity contribution in [2.24, 2.45) is 11.5 Å². The maximum Gasteiger partial charge on any atom is 0.341 e. The first kappa shape index (κ1) is 21.0. The number of primary amides is 2. The van der Waals surface area contributed by atoms with Crippen LogP contribution in [0.4, 0.5) is 20.3 Å². The van der Waals surface area contributed by atoms with Gasteiger partial charge < -0.3 is 21.1 Å². The van der Waals surface area contributed by atoms with Crippen LogP contribution in [0, 0.1) is 10.1 Å². The number of carbonyl (C=O) groups excluding carboxylic acids is 3. The van der Waals surface area contributed by atoms with E-state index in [2.05, 4.69) is 5.32 Å². The fraction of sp³-hybridized carbons (Fsp3) is 0.278. The minimum Gasteiger partial charge on any atom is -0.459 e. The van der Waals surface area contributed by atoms with Gasteiger partial charge in [-0.15, -0.1) is 11.3 Å². The number of non-ortho nitro benzene ring substituents is 1. The van der Waals surface area contributed by atoms with Crippen molar-refractivity contribution < 1.29 is 24.0 Å². The van der Waals surface area contributed by atoms with Gasteiger partial charge in [0.25, 0.3) is 5.69 Å². The summed E-state index contributed by atoms with van der Waals surface area (Å²) < 4.78 is 5.53. The SMILES string of the molecule is NC(=O)Nc1sc(-c2cccc([N+](=O)[O-])c2)cc1C(=O)OC1CCN(C(N)=O)CC1. The lowest BCUT2D eigenvalue weighted by Gasteiger charge is -2.30. The second-order valence-corrected chi connectivity index (χ2v) is 7.63. The molecule has 1 aromatic heterocycles. The number of anilines is 1. The molecule has 1 saturated heterocycles. The van der Waals surface area contributed by atoms with Crippen molar-refractivity contribution in [1.29, 1.82) is 0 Å². The topological polar surface area (TPSA) is 171 Å². The summed E-state index contributed by atoms with van der Waals surface area (Å²) in [4.78, 5) is 47.8. The first-order valence-corrected chi connectivity index (χ1v) is 9.76. The van der Waals surface area contributed by atoms with E-state index in [0.29, 0.717) is 36.4 Å². The van der Waals surface area contributed by atoms with E-state index in [1.165, 1.54) is 29.2 Å². The molecule has 158 valence electrons. The number of benzene rings is 1. The lowest BCUT2D eigenvalue weighted by Crippen LogP contribution is -2.44. The number of ether oxygens (including phenoxy) is 1. The van der Waals surface area contributed by atoms with E-state index in [0.717, 1.165) is 11.3 Å². The van der Waals surface area contributed by atoms with Gasteiger partial charge in [-0.1, -0.05) is 12.1 Å². The van der Waals surface area contributed by atoms with Gasteiger partial charge in [-0.2, -0.15) is 0 Å². The van der Waals surface area contributed by atoms with Gasteiger partial charge >= 0.3 is 18.0 Å². The van der Waals surface area contributed by atoms with Crippen LogP contribution >= 0.6 is 11.3 Å². The summed E-state index contributed by atoms with van der Waals surface area (Å²) in [5.74, 6) is -0.663. The van der Waals surface area contributed by atoms with E-state index >= 15 is 0 Å². The molecule has 5 N–H and O–H groups in total. The molecule has 3 rings (SSSR count). The molecule has 1 aliphatic heterocycles. The van der Waals surface area contributed by atoms with Crippen LogP contribution in [0.5, 0.6) is 0 Å². The highest BCUT2D eigenvalue weighted by atomic mass is 32.1. The summed E-state index contributed by atoms with van der Waals surface area (Å²) in [6.45, 7) is 0.754. The van der Waals surface area contributed by atoms with Crippen LogP contribution in [-0.2, 0) is 4.74 Å². The number of hydrogen-bond acceptors (Lipinski definition) is 7. The van der Waals surface area contributed by atoms with Gasteiger partial charge in [0.15, 0.2) is 0 Å². The number of nitrogens with one attached hydrogen (secondary N) is 1. The van der Waals surface area contributed by atoms with Crippen LogP contribution in [0.1, 0.15) is 23.2 Å². The summed E-state index contributed by atoms with van der Waals surface area (Å²) in [5.41, 5.74) is 10.9. The van der Waals surface area contributed by atoms with E-state index in [9.17, 15) is 24.5 Å². The van der Waals surface area contributed by atoms with E-state index in [1.807, 2.05) is 0 Å². The molecule has 1 aliphatic rings. The Morgan fingerprint density at radius 1 is 1.20 bits per heavy atom. The number of thiophene rings is 1. The molecule has 12 heteroatoms. The highest BCUT2D eigenvalue weighted by Gasteiger charge is 2.27. The maximum absolute atomic E-state index is 12.7. The molecule has 2 heterocycles. The first-order chi connectivity index (χ1) is 14.2. The molecule has 30 heavy (non-hydrogen) atoms.